The van der Waals surface area contributed by atoms with Crippen LogP contribution in [0.2, 0.25) is 0 Å². The van der Waals surface area contributed by atoms with Gasteiger partial charge in [-0.3, -0.25) is 0 Å². The number of nitrogens with one attached hydrogen (secondary N) is 2. The Bertz CT molecular complexity index is 391. The molecule has 0 spiro atoms. The third-order valence-electron chi connectivity index (χ3n) is 3.58. The lowest BCUT2D eigenvalue weighted by atomic mass is 9.96. The lowest BCUT2D eigenvalue weighted by Crippen LogP contribution is -2.43. The third kappa shape index (κ3) is 5.87. The average molecular weight is 292 g/mol. The maximum Gasteiger partial charge on any atom is 0.315 e. The number of thioether (sulfide) groups is 1. The van der Waals surface area contributed by atoms with Crippen LogP contribution in [0.15, 0.2) is 30.3 Å². The van der Waals surface area contributed by atoms with Crippen molar-refractivity contribution in [1.29, 1.82) is 0 Å². The van der Waals surface area contributed by atoms with Gasteiger partial charge in [0.15, 0.2) is 0 Å². The minimum absolute atomic E-state index is 0.00258. The first-order chi connectivity index (χ1) is 9.84. The van der Waals surface area contributed by atoms with E-state index in [0.717, 1.165) is 30.9 Å². The van der Waals surface area contributed by atoms with Gasteiger partial charge in [0.2, 0.25) is 0 Å². The molecular formula is C16H24N2OS. The lowest BCUT2D eigenvalue weighted by Gasteiger charge is -2.22. The summed E-state index contributed by atoms with van der Waals surface area (Å²) in [5, 5.41) is 6.01. The molecule has 1 saturated carbocycles. The van der Waals surface area contributed by atoms with Crippen molar-refractivity contribution in [2.24, 2.45) is 0 Å². The summed E-state index contributed by atoms with van der Waals surface area (Å²) < 4.78 is 0. The molecule has 1 aliphatic carbocycles. The van der Waals surface area contributed by atoms with Crippen LogP contribution in [0.25, 0.3) is 0 Å². The van der Waals surface area contributed by atoms with Crippen molar-refractivity contribution >= 4 is 17.8 Å². The molecule has 1 fully saturated rings. The van der Waals surface area contributed by atoms with Gasteiger partial charge < -0.3 is 10.6 Å². The standard InChI is InChI=1S/C16H24N2OS/c19-16(18-15-9-5-2-6-10-15)17-11-12-20-13-14-7-3-1-4-8-14/h1,3-4,7-8,15H,2,5-6,9-13H2,(H2,17,18,19). The van der Waals surface area contributed by atoms with Crippen LogP contribution in [-0.2, 0) is 5.75 Å². The normalized spacial score (nSPS) is 15.8. The zero-order valence-corrected chi connectivity index (χ0v) is 12.8. The highest BCUT2D eigenvalue weighted by Gasteiger charge is 2.14. The summed E-state index contributed by atoms with van der Waals surface area (Å²) in [5.41, 5.74) is 1.34. The molecule has 0 heterocycles. The molecular weight excluding hydrogens is 268 g/mol. The second-order valence-corrected chi connectivity index (χ2v) is 6.38. The molecule has 3 nitrogen and oxygen atoms in total. The first-order valence-corrected chi connectivity index (χ1v) is 8.66. The van der Waals surface area contributed by atoms with Crippen LogP contribution in [0.1, 0.15) is 37.7 Å². The fraction of sp³-hybridized carbons (Fsp3) is 0.562. The molecule has 0 saturated heterocycles. The van der Waals surface area contributed by atoms with Crippen molar-refractivity contribution in [3.63, 3.8) is 0 Å². The van der Waals surface area contributed by atoms with Crippen molar-refractivity contribution in [3.8, 4) is 0 Å². The molecule has 1 aromatic carbocycles. The fourth-order valence-corrected chi connectivity index (χ4v) is 3.30. The summed E-state index contributed by atoms with van der Waals surface area (Å²) in [6.45, 7) is 0.732. The van der Waals surface area contributed by atoms with E-state index in [1.807, 2.05) is 17.8 Å². The minimum Gasteiger partial charge on any atom is -0.337 e. The minimum atomic E-state index is -0.00258. The van der Waals surface area contributed by atoms with Crippen LogP contribution in [0.5, 0.6) is 0 Å². The number of rotatable bonds is 6. The van der Waals surface area contributed by atoms with E-state index in [1.54, 1.807) is 0 Å². The smallest absolute Gasteiger partial charge is 0.315 e. The Kier molecular flexibility index (Phi) is 6.78. The van der Waals surface area contributed by atoms with Gasteiger partial charge in [-0.15, -0.1) is 0 Å². The first-order valence-electron chi connectivity index (χ1n) is 7.50. The molecule has 2 N–H and O–H groups in total. The number of hydrogen-bond acceptors (Lipinski definition) is 2. The molecule has 0 atom stereocenters. The van der Waals surface area contributed by atoms with Crippen molar-refractivity contribution < 1.29 is 4.79 Å². The van der Waals surface area contributed by atoms with Crippen LogP contribution in [0.3, 0.4) is 0 Å². The third-order valence-corrected chi connectivity index (χ3v) is 4.61. The molecule has 0 aliphatic heterocycles. The van der Waals surface area contributed by atoms with Crippen LogP contribution < -0.4 is 10.6 Å². The summed E-state index contributed by atoms with van der Waals surface area (Å²) in [6.07, 6.45) is 6.08. The summed E-state index contributed by atoms with van der Waals surface area (Å²) in [6, 6.07) is 10.8. The largest absolute Gasteiger partial charge is 0.337 e. The molecule has 1 aromatic rings. The number of carbonyl (C=O) groups excluding carboxylic acids is 1. The first kappa shape index (κ1) is 15.2. The van der Waals surface area contributed by atoms with Crippen molar-refractivity contribution in [1.82, 2.24) is 10.6 Å². The van der Waals surface area contributed by atoms with Crippen molar-refractivity contribution in [3.05, 3.63) is 35.9 Å². The molecule has 2 amide bonds. The summed E-state index contributed by atoms with van der Waals surface area (Å²) in [5.74, 6) is 1.96. The average Bonchev–Trinajstić information content (AvgIpc) is 2.49. The van der Waals surface area contributed by atoms with E-state index in [2.05, 4.69) is 34.9 Å². The van der Waals surface area contributed by atoms with E-state index in [9.17, 15) is 4.79 Å². The number of amides is 2. The van der Waals surface area contributed by atoms with Crippen LogP contribution in [0.4, 0.5) is 4.79 Å². The topological polar surface area (TPSA) is 41.1 Å². The van der Waals surface area contributed by atoms with Gasteiger partial charge in [-0.25, -0.2) is 4.79 Å². The molecule has 2 rings (SSSR count). The van der Waals surface area contributed by atoms with Gasteiger partial charge in [0, 0.05) is 24.1 Å². The Hall–Kier alpha value is -1.16. The van der Waals surface area contributed by atoms with E-state index >= 15 is 0 Å². The predicted octanol–water partition coefficient (Wildman–Crippen LogP) is 3.55. The number of benzene rings is 1. The van der Waals surface area contributed by atoms with Gasteiger partial charge in [0.05, 0.1) is 0 Å². The molecule has 0 bridgehead atoms. The number of carbonyl (C=O) groups is 1. The van der Waals surface area contributed by atoms with Crippen molar-refractivity contribution in [2.75, 3.05) is 12.3 Å². The van der Waals surface area contributed by atoms with Gasteiger partial charge in [0.25, 0.3) is 0 Å². The Morgan fingerprint density at radius 1 is 1.15 bits per heavy atom. The van der Waals surface area contributed by atoms with E-state index in [0.29, 0.717) is 6.04 Å². The Morgan fingerprint density at radius 3 is 2.65 bits per heavy atom. The second kappa shape index (κ2) is 8.90. The zero-order chi connectivity index (χ0) is 14.0. The molecule has 0 radical (unpaired) electrons. The van der Waals surface area contributed by atoms with Gasteiger partial charge in [-0.05, 0) is 18.4 Å². The zero-order valence-electron chi connectivity index (χ0n) is 11.9. The SMILES string of the molecule is O=C(NCCSCc1ccccc1)NC1CCCCC1. The number of hydrogen-bond donors (Lipinski definition) is 2. The number of urea groups is 1. The van der Waals surface area contributed by atoms with Gasteiger partial charge >= 0.3 is 6.03 Å². The second-order valence-electron chi connectivity index (χ2n) is 5.27. The van der Waals surface area contributed by atoms with E-state index in [-0.39, 0.29) is 6.03 Å². The van der Waals surface area contributed by atoms with Crippen molar-refractivity contribution in [2.45, 2.75) is 43.9 Å². The van der Waals surface area contributed by atoms with Gasteiger partial charge in [-0.1, -0.05) is 49.6 Å². The lowest BCUT2D eigenvalue weighted by molar-refractivity contribution is 0.233. The predicted molar refractivity (Wildman–Crippen MR) is 86.0 cm³/mol. The Balaban J connectivity index is 1.51. The highest BCUT2D eigenvalue weighted by atomic mass is 32.2. The van der Waals surface area contributed by atoms with Crippen LogP contribution in [-0.4, -0.2) is 24.4 Å². The highest BCUT2D eigenvalue weighted by molar-refractivity contribution is 7.98. The van der Waals surface area contributed by atoms with Crippen LogP contribution >= 0.6 is 11.8 Å². The maximum absolute atomic E-state index is 11.7. The summed E-state index contributed by atoms with van der Waals surface area (Å²) in [7, 11) is 0. The summed E-state index contributed by atoms with van der Waals surface area (Å²) >= 11 is 1.85. The van der Waals surface area contributed by atoms with E-state index < -0.39 is 0 Å². The monoisotopic (exact) mass is 292 g/mol. The van der Waals surface area contributed by atoms with E-state index in [4.69, 9.17) is 0 Å². The van der Waals surface area contributed by atoms with Gasteiger partial charge in [-0.2, -0.15) is 11.8 Å². The molecule has 0 aromatic heterocycles. The highest BCUT2D eigenvalue weighted by Crippen LogP contribution is 2.17. The molecule has 1 aliphatic rings. The summed E-state index contributed by atoms with van der Waals surface area (Å²) in [4.78, 5) is 11.7. The maximum atomic E-state index is 11.7. The van der Waals surface area contributed by atoms with Crippen LogP contribution in [0, 0.1) is 0 Å². The Morgan fingerprint density at radius 2 is 1.90 bits per heavy atom. The quantitative estimate of drug-likeness (QED) is 0.787. The molecule has 20 heavy (non-hydrogen) atoms. The van der Waals surface area contributed by atoms with Gasteiger partial charge in [0.1, 0.15) is 0 Å². The Labute approximate surface area is 125 Å². The molecule has 0 unspecified atom stereocenters. The molecule has 4 heteroatoms. The fourth-order valence-electron chi connectivity index (χ4n) is 2.48. The molecule has 110 valence electrons. The van der Waals surface area contributed by atoms with E-state index in [1.165, 1.54) is 24.8 Å².